The van der Waals surface area contributed by atoms with Gasteiger partial charge in [0.25, 0.3) is 0 Å². The number of hydrogen-bond donors (Lipinski definition) is 2. The van der Waals surface area contributed by atoms with Crippen molar-refractivity contribution in [3.05, 3.63) is 52.9 Å². The summed E-state index contributed by atoms with van der Waals surface area (Å²) in [5.41, 5.74) is -1.01. The van der Waals surface area contributed by atoms with Gasteiger partial charge >= 0.3 is 6.18 Å². The molecule has 0 bridgehead atoms. The van der Waals surface area contributed by atoms with Gasteiger partial charge in [-0.05, 0) is 30.3 Å². The lowest BCUT2D eigenvalue weighted by Gasteiger charge is -2.09. The topological polar surface area (TPSA) is 105 Å². The van der Waals surface area contributed by atoms with E-state index in [0.29, 0.717) is 5.69 Å². The summed E-state index contributed by atoms with van der Waals surface area (Å²) in [6.45, 7) is 1.19. The SMILES string of the molecule is CC(=O)Nc1ccc(S(=O)(=O)NCCc2nnc3c(C(F)(F)F)cc(Cl)cn23)cc1. The Morgan fingerprint density at radius 1 is 1.20 bits per heavy atom. The summed E-state index contributed by atoms with van der Waals surface area (Å²) in [6.07, 6.45) is -3.46. The molecule has 13 heteroatoms. The molecule has 0 aliphatic heterocycles. The molecule has 0 aliphatic carbocycles. The molecule has 2 N–H and O–H groups in total. The Kier molecular flexibility index (Phi) is 6.01. The maximum atomic E-state index is 13.1. The highest BCUT2D eigenvalue weighted by Gasteiger charge is 2.35. The molecule has 1 aromatic carbocycles. The molecular weight excluding hydrogens is 447 g/mol. The first-order valence-electron chi connectivity index (χ1n) is 8.45. The van der Waals surface area contributed by atoms with Gasteiger partial charge in [0, 0.05) is 31.8 Å². The van der Waals surface area contributed by atoms with Gasteiger partial charge in [0.1, 0.15) is 11.4 Å². The lowest BCUT2D eigenvalue weighted by Crippen LogP contribution is -2.26. The molecule has 3 aromatic rings. The molecule has 3 rings (SSSR count). The molecule has 2 heterocycles. The average molecular weight is 462 g/mol. The zero-order chi connectivity index (χ0) is 22.1. The number of benzene rings is 1. The van der Waals surface area contributed by atoms with E-state index < -0.39 is 27.4 Å². The van der Waals surface area contributed by atoms with Gasteiger partial charge in [-0.2, -0.15) is 13.2 Å². The Bertz CT molecular complexity index is 1190. The van der Waals surface area contributed by atoms with Crippen LogP contribution in [0, 0.1) is 0 Å². The van der Waals surface area contributed by atoms with E-state index in [1.54, 1.807) is 0 Å². The third-order valence-electron chi connectivity index (χ3n) is 3.97. The Labute approximate surface area is 174 Å². The maximum Gasteiger partial charge on any atom is 0.420 e. The lowest BCUT2D eigenvalue weighted by molar-refractivity contribution is -0.136. The highest BCUT2D eigenvalue weighted by Crippen LogP contribution is 2.33. The number of sulfonamides is 1. The largest absolute Gasteiger partial charge is 0.420 e. The minimum atomic E-state index is -4.67. The zero-order valence-corrected chi connectivity index (χ0v) is 16.9. The summed E-state index contributed by atoms with van der Waals surface area (Å²) < 4.78 is 67.6. The van der Waals surface area contributed by atoms with Crippen molar-refractivity contribution in [3.63, 3.8) is 0 Å². The number of aromatic nitrogens is 3. The first kappa shape index (κ1) is 22.0. The molecule has 0 fully saturated rings. The summed E-state index contributed by atoms with van der Waals surface area (Å²) >= 11 is 5.78. The molecule has 160 valence electrons. The van der Waals surface area contributed by atoms with Crippen molar-refractivity contribution in [2.45, 2.75) is 24.4 Å². The van der Waals surface area contributed by atoms with Gasteiger partial charge < -0.3 is 5.32 Å². The summed E-state index contributed by atoms with van der Waals surface area (Å²) in [7, 11) is -3.88. The lowest BCUT2D eigenvalue weighted by atomic mass is 10.2. The van der Waals surface area contributed by atoms with Crippen LogP contribution in [0.1, 0.15) is 18.3 Å². The second-order valence-electron chi connectivity index (χ2n) is 6.23. The predicted octanol–water partition coefficient (Wildman–Crippen LogP) is 2.88. The number of pyridine rings is 1. The van der Waals surface area contributed by atoms with E-state index in [4.69, 9.17) is 11.6 Å². The Balaban J connectivity index is 1.74. The van der Waals surface area contributed by atoms with Crippen molar-refractivity contribution in [3.8, 4) is 0 Å². The number of hydrogen-bond acceptors (Lipinski definition) is 5. The fraction of sp³-hybridized carbons (Fsp3) is 0.235. The highest BCUT2D eigenvalue weighted by atomic mass is 35.5. The molecule has 2 aromatic heterocycles. The van der Waals surface area contributed by atoms with Crippen molar-refractivity contribution in [1.29, 1.82) is 0 Å². The van der Waals surface area contributed by atoms with E-state index >= 15 is 0 Å². The number of nitrogens with zero attached hydrogens (tertiary/aromatic N) is 3. The molecule has 8 nitrogen and oxygen atoms in total. The average Bonchev–Trinajstić information content (AvgIpc) is 3.03. The van der Waals surface area contributed by atoms with Gasteiger partial charge in [-0.1, -0.05) is 11.6 Å². The van der Waals surface area contributed by atoms with Gasteiger partial charge in [0.15, 0.2) is 5.65 Å². The molecule has 0 radical (unpaired) electrons. The van der Waals surface area contributed by atoms with Crippen LogP contribution in [-0.2, 0) is 27.4 Å². The van der Waals surface area contributed by atoms with Crippen molar-refractivity contribution in [2.24, 2.45) is 0 Å². The van der Waals surface area contributed by atoms with Crippen LogP contribution in [0.4, 0.5) is 18.9 Å². The summed E-state index contributed by atoms with van der Waals surface area (Å²) in [4.78, 5) is 11.0. The van der Waals surface area contributed by atoms with E-state index in [1.165, 1.54) is 37.4 Å². The van der Waals surface area contributed by atoms with Crippen molar-refractivity contribution < 1.29 is 26.4 Å². The first-order valence-corrected chi connectivity index (χ1v) is 10.3. The number of rotatable bonds is 6. The van der Waals surface area contributed by atoms with Gasteiger partial charge in [-0.3, -0.25) is 9.20 Å². The van der Waals surface area contributed by atoms with Crippen LogP contribution in [0.5, 0.6) is 0 Å². The third-order valence-corrected chi connectivity index (χ3v) is 5.66. The van der Waals surface area contributed by atoms with Crippen LogP contribution < -0.4 is 10.0 Å². The molecule has 0 saturated heterocycles. The number of alkyl halides is 3. The van der Waals surface area contributed by atoms with E-state index in [2.05, 4.69) is 20.2 Å². The Morgan fingerprint density at radius 3 is 2.47 bits per heavy atom. The van der Waals surface area contributed by atoms with Crippen LogP contribution >= 0.6 is 11.6 Å². The normalized spacial score (nSPS) is 12.3. The number of halogens is 4. The molecule has 1 amide bonds. The van der Waals surface area contributed by atoms with Crippen molar-refractivity contribution >= 4 is 38.9 Å². The van der Waals surface area contributed by atoms with Gasteiger partial charge in [-0.15, -0.1) is 10.2 Å². The van der Waals surface area contributed by atoms with Gasteiger partial charge in [0.2, 0.25) is 15.9 Å². The zero-order valence-electron chi connectivity index (χ0n) is 15.4. The van der Waals surface area contributed by atoms with Crippen molar-refractivity contribution in [1.82, 2.24) is 19.3 Å². The second-order valence-corrected chi connectivity index (χ2v) is 8.44. The van der Waals surface area contributed by atoms with Crippen LogP contribution in [0.15, 0.2) is 41.4 Å². The molecule has 0 aliphatic rings. The number of carbonyl (C=O) groups excluding carboxylic acids is 1. The minimum Gasteiger partial charge on any atom is -0.326 e. The highest BCUT2D eigenvalue weighted by molar-refractivity contribution is 7.89. The van der Waals surface area contributed by atoms with E-state index in [1.807, 2.05) is 0 Å². The summed E-state index contributed by atoms with van der Waals surface area (Å²) in [5, 5.41) is 9.64. The quantitative estimate of drug-likeness (QED) is 0.587. The fourth-order valence-electron chi connectivity index (χ4n) is 2.69. The summed E-state index contributed by atoms with van der Waals surface area (Å²) in [6, 6.07) is 6.25. The smallest absolute Gasteiger partial charge is 0.326 e. The third kappa shape index (κ3) is 4.89. The molecule has 0 atom stereocenters. The van der Waals surface area contributed by atoms with E-state index in [9.17, 15) is 26.4 Å². The number of nitrogens with one attached hydrogen (secondary N) is 2. The molecule has 0 saturated carbocycles. The molecular formula is C17H15ClF3N5O3S. The van der Waals surface area contributed by atoms with Crippen LogP contribution in [0.25, 0.3) is 5.65 Å². The standard InChI is InChI=1S/C17H15ClF3N5O3S/c1-10(27)23-12-2-4-13(5-3-12)30(28,29)22-7-6-15-24-25-16-14(17(19,20)21)8-11(18)9-26(15)16/h2-5,8-9,22H,6-7H2,1H3,(H,23,27). The Morgan fingerprint density at radius 2 is 1.87 bits per heavy atom. The number of amides is 1. The van der Waals surface area contributed by atoms with E-state index in [-0.39, 0.29) is 34.6 Å². The van der Waals surface area contributed by atoms with E-state index in [0.717, 1.165) is 10.5 Å². The molecule has 0 spiro atoms. The monoisotopic (exact) mass is 461 g/mol. The van der Waals surface area contributed by atoms with Gasteiger partial charge in [0.05, 0.1) is 9.92 Å². The number of fused-ring (bicyclic) bond motifs is 1. The molecule has 0 unspecified atom stereocenters. The maximum absolute atomic E-state index is 13.1. The van der Waals surface area contributed by atoms with Crippen LogP contribution in [-0.4, -0.2) is 35.5 Å². The fourth-order valence-corrected chi connectivity index (χ4v) is 3.92. The predicted molar refractivity (Wildman–Crippen MR) is 103 cm³/mol. The molecule has 30 heavy (non-hydrogen) atoms. The van der Waals surface area contributed by atoms with Gasteiger partial charge in [-0.25, -0.2) is 13.1 Å². The van der Waals surface area contributed by atoms with Crippen LogP contribution in [0.2, 0.25) is 5.02 Å². The minimum absolute atomic E-state index is 0.0258. The van der Waals surface area contributed by atoms with Crippen molar-refractivity contribution in [2.75, 3.05) is 11.9 Å². The number of carbonyl (C=O) groups is 1. The first-order chi connectivity index (χ1) is 14.0. The summed E-state index contributed by atoms with van der Waals surface area (Å²) in [5.74, 6) is -0.181. The van der Waals surface area contributed by atoms with Crippen LogP contribution in [0.3, 0.4) is 0 Å². The number of anilines is 1. The Hall–Kier alpha value is -2.70. The second kappa shape index (κ2) is 8.20.